The predicted molar refractivity (Wildman–Crippen MR) is 74.5 cm³/mol. The van der Waals surface area contributed by atoms with Gasteiger partial charge in [-0.25, -0.2) is 0 Å². The first-order valence-corrected chi connectivity index (χ1v) is 6.76. The van der Waals surface area contributed by atoms with Crippen LogP contribution in [-0.2, 0) is 4.74 Å². The highest BCUT2D eigenvalue weighted by atomic mass is 79.9. The van der Waals surface area contributed by atoms with Crippen molar-refractivity contribution in [3.8, 4) is 0 Å². The van der Waals surface area contributed by atoms with Gasteiger partial charge in [0.15, 0.2) is 0 Å². The van der Waals surface area contributed by atoms with Crippen molar-refractivity contribution in [2.75, 3.05) is 24.5 Å². The van der Waals surface area contributed by atoms with E-state index in [0.717, 1.165) is 17.6 Å². The lowest BCUT2D eigenvalue weighted by Crippen LogP contribution is -2.49. The zero-order chi connectivity index (χ0) is 12.4. The van der Waals surface area contributed by atoms with E-state index in [1.807, 2.05) is 0 Å². The lowest BCUT2D eigenvalue weighted by atomic mass is 10.1. The highest BCUT2D eigenvalue weighted by molar-refractivity contribution is 9.10. The smallest absolute Gasteiger partial charge is 0.0876 e. The van der Waals surface area contributed by atoms with E-state index in [1.165, 1.54) is 11.3 Å². The molecule has 0 aliphatic carbocycles. The number of hydrogen-bond acceptors (Lipinski definition) is 3. The minimum absolute atomic E-state index is 0.141. The lowest BCUT2D eigenvalue weighted by Gasteiger charge is -2.38. The summed E-state index contributed by atoms with van der Waals surface area (Å²) < 4.78 is 6.90. The highest BCUT2D eigenvalue weighted by Gasteiger charge is 2.25. The second-order valence-electron chi connectivity index (χ2n) is 4.64. The average Bonchev–Trinajstić information content (AvgIpc) is 2.28. The van der Waals surface area contributed by atoms with Crippen LogP contribution in [0.4, 0.5) is 5.69 Å². The first-order valence-electron chi connectivity index (χ1n) is 5.96. The molecule has 0 radical (unpaired) electrons. The number of halogens is 1. The molecule has 0 amide bonds. The van der Waals surface area contributed by atoms with Crippen LogP contribution in [0.15, 0.2) is 22.7 Å². The second kappa shape index (κ2) is 5.38. The molecule has 0 aromatic heterocycles. The van der Waals surface area contributed by atoms with Crippen LogP contribution in [0.3, 0.4) is 0 Å². The lowest BCUT2D eigenvalue weighted by molar-refractivity contribution is -0.0105. The van der Waals surface area contributed by atoms with Crippen molar-refractivity contribution in [1.29, 1.82) is 0 Å². The van der Waals surface area contributed by atoms with E-state index >= 15 is 0 Å². The summed E-state index contributed by atoms with van der Waals surface area (Å²) in [5.74, 6) is 0. The first-order chi connectivity index (χ1) is 8.10. The Morgan fingerprint density at radius 3 is 2.88 bits per heavy atom. The number of anilines is 1. The van der Waals surface area contributed by atoms with E-state index in [-0.39, 0.29) is 12.2 Å². The van der Waals surface area contributed by atoms with Crippen molar-refractivity contribution in [2.45, 2.75) is 26.1 Å². The molecule has 2 atom stereocenters. The quantitative estimate of drug-likeness (QED) is 0.911. The van der Waals surface area contributed by atoms with Crippen LogP contribution in [0.5, 0.6) is 0 Å². The van der Waals surface area contributed by atoms with Gasteiger partial charge in [-0.2, -0.15) is 0 Å². The molecule has 0 spiro atoms. The Morgan fingerprint density at radius 1 is 1.47 bits per heavy atom. The van der Waals surface area contributed by atoms with Crippen molar-refractivity contribution in [2.24, 2.45) is 5.73 Å². The first kappa shape index (κ1) is 12.9. The number of nitrogens with two attached hydrogens (primary N) is 1. The third-order valence-electron chi connectivity index (χ3n) is 3.09. The maximum atomic E-state index is 5.77. The zero-order valence-corrected chi connectivity index (χ0v) is 11.9. The number of rotatable bonds is 2. The van der Waals surface area contributed by atoms with Crippen LogP contribution in [0.2, 0.25) is 0 Å². The monoisotopic (exact) mass is 298 g/mol. The predicted octanol–water partition coefficient (Wildman–Crippen LogP) is 2.31. The molecule has 1 aliphatic heterocycles. The van der Waals surface area contributed by atoms with Gasteiger partial charge in [0.05, 0.1) is 12.2 Å². The molecule has 4 heteroatoms. The topological polar surface area (TPSA) is 38.5 Å². The molecule has 1 aromatic rings. The number of benzene rings is 1. The summed E-state index contributed by atoms with van der Waals surface area (Å²) in [5.41, 5.74) is 8.27. The Kier molecular flexibility index (Phi) is 4.07. The molecule has 0 bridgehead atoms. The molecule has 1 aliphatic rings. The van der Waals surface area contributed by atoms with Crippen molar-refractivity contribution >= 4 is 21.6 Å². The maximum absolute atomic E-state index is 5.77. The van der Waals surface area contributed by atoms with Gasteiger partial charge in [0.2, 0.25) is 0 Å². The van der Waals surface area contributed by atoms with E-state index in [2.05, 4.69) is 52.9 Å². The Labute approximate surface area is 111 Å². The van der Waals surface area contributed by atoms with Gasteiger partial charge in [-0.15, -0.1) is 0 Å². The highest BCUT2D eigenvalue weighted by Crippen LogP contribution is 2.26. The van der Waals surface area contributed by atoms with E-state index in [4.69, 9.17) is 10.5 Å². The number of morpholine rings is 1. The summed E-state index contributed by atoms with van der Waals surface area (Å²) in [6.45, 7) is 6.62. The summed E-state index contributed by atoms with van der Waals surface area (Å²) in [6.07, 6.45) is 0.377. The van der Waals surface area contributed by atoms with Crippen LogP contribution in [0.25, 0.3) is 0 Å². The molecular weight excluding hydrogens is 280 g/mol. The van der Waals surface area contributed by atoms with Gasteiger partial charge in [-0.05, 0) is 37.6 Å². The molecular formula is C13H19BrN2O. The Morgan fingerprint density at radius 2 is 2.24 bits per heavy atom. The van der Waals surface area contributed by atoms with E-state index in [1.54, 1.807) is 0 Å². The van der Waals surface area contributed by atoms with Crippen LogP contribution in [0.1, 0.15) is 12.5 Å². The van der Waals surface area contributed by atoms with Gasteiger partial charge < -0.3 is 15.4 Å². The van der Waals surface area contributed by atoms with Crippen LogP contribution in [0, 0.1) is 6.92 Å². The Bertz CT molecular complexity index is 397. The number of aryl methyl sites for hydroxylation is 1. The number of hydrogen-bond donors (Lipinski definition) is 1. The maximum Gasteiger partial charge on any atom is 0.0876 e. The summed E-state index contributed by atoms with van der Waals surface area (Å²) in [5, 5.41) is 0. The summed E-state index contributed by atoms with van der Waals surface area (Å²) in [7, 11) is 0. The van der Waals surface area contributed by atoms with E-state index in [9.17, 15) is 0 Å². The molecule has 1 heterocycles. The van der Waals surface area contributed by atoms with Crippen LogP contribution in [-0.4, -0.2) is 31.8 Å². The summed E-state index contributed by atoms with van der Waals surface area (Å²) in [4.78, 5) is 2.37. The fraction of sp³-hybridized carbons (Fsp3) is 0.538. The SMILES string of the molecule is Cc1cc(Br)ccc1N1CC(C)OC(CN)C1. The van der Waals surface area contributed by atoms with Crippen molar-refractivity contribution < 1.29 is 4.74 Å². The molecule has 1 fully saturated rings. The van der Waals surface area contributed by atoms with E-state index < -0.39 is 0 Å². The normalized spacial score (nSPS) is 25.1. The average molecular weight is 299 g/mol. The zero-order valence-electron chi connectivity index (χ0n) is 10.3. The number of nitrogens with zero attached hydrogens (tertiary/aromatic N) is 1. The van der Waals surface area contributed by atoms with Gasteiger partial charge >= 0.3 is 0 Å². The van der Waals surface area contributed by atoms with Gasteiger partial charge in [0.25, 0.3) is 0 Å². The molecule has 94 valence electrons. The Balaban J connectivity index is 2.20. The van der Waals surface area contributed by atoms with Crippen LogP contribution >= 0.6 is 15.9 Å². The van der Waals surface area contributed by atoms with Gasteiger partial charge in [0.1, 0.15) is 0 Å². The molecule has 2 N–H and O–H groups in total. The minimum atomic E-state index is 0.141. The van der Waals surface area contributed by atoms with Crippen molar-refractivity contribution in [3.05, 3.63) is 28.2 Å². The van der Waals surface area contributed by atoms with Gasteiger partial charge in [0, 0.05) is 29.8 Å². The summed E-state index contributed by atoms with van der Waals surface area (Å²) >= 11 is 3.49. The van der Waals surface area contributed by atoms with Crippen molar-refractivity contribution in [3.63, 3.8) is 0 Å². The minimum Gasteiger partial charge on any atom is -0.370 e. The molecule has 1 aromatic carbocycles. The van der Waals surface area contributed by atoms with Gasteiger partial charge in [-0.1, -0.05) is 15.9 Å². The van der Waals surface area contributed by atoms with Gasteiger partial charge in [-0.3, -0.25) is 0 Å². The molecule has 1 saturated heterocycles. The fourth-order valence-corrected chi connectivity index (χ4v) is 2.82. The molecule has 2 rings (SSSR count). The third-order valence-corrected chi connectivity index (χ3v) is 3.58. The second-order valence-corrected chi connectivity index (χ2v) is 5.56. The molecule has 17 heavy (non-hydrogen) atoms. The largest absolute Gasteiger partial charge is 0.370 e. The van der Waals surface area contributed by atoms with Crippen LogP contribution < -0.4 is 10.6 Å². The number of ether oxygens (including phenoxy) is 1. The third kappa shape index (κ3) is 3.00. The standard InChI is InChI=1S/C13H19BrN2O/c1-9-5-11(14)3-4-13(9)16-7-10(2)17-12(6-15)8-16/h3-5,10,12H,6-8,15H2,1-2H3. The molecule has 0 saturated carbocycles. The fourth-order valence-electron chi connectivity index (χ4n) is 2.35. The molecule has 2 unspecified atom stereocenters. The summed E-state index contributed by atoms with van der Waals surface area (Å²) in [6, 6.07) is 6.39. The Hall–Kier alpha value is -0.580. The van der Waals surface area contributed by atoms with E-state index in [0.29, 0.717) is 6.54 Å². The van der Waals surface area contributed by atoms with Crippen molar-refractivity contribution in [1.82, 2.24) is 0 Å². The molecule has 3 nitrogen and oxygen atoms in total.